The second-order valence-corrected chi connectivity index (χ2v) is 12.5. The zero-order valence-corrected chi connectivity index (χ0v) is 17.4. The summed E-state index contributed by atoms with van der Waals surface area (Å²) in [6.45, 7) is 4.90. The van der Waals surface area contributed by atoms with Crippen LogP contribution in [0.2, 0.25) is 0 Å². The molecule has 0 spiro atoms. The summed E-state index contributed by atoms with van der Waals surface area (Å²) in [6, 6.07) is 0. The molecule has 0 amide bonds. The Morgan fingerprint density at radius 1 is 1.04 bits per heavy atom. The van der Waals surface area contributed by atoms with E-state index in [9.17, 15) is 13.2 Å². The van der Waals surface area contributed by atoms with E-state index >= 15 is 0 Å². The van der Waals surface area contributed by atoms with Crippen LogP contribution in [0.3, 0.4) is 0 Å². The molecular formula is C22H34O3S. The molecule has 3 saturated carbocycles. The first-order chi connectivity index (χ1) is 12.1. The molecule has 0 radical (unpaired) electrons. The Morgan fingerprint density at radius 3 is 2.54 bits per heavy atom. The Morgan fingerprint density at radius 2 is 1.81 bits per heavy atom. The summed E-state index contributed by atoms with van der Waals surface area (Å²) in [4.78, 5) is 11.9. The molecule has 0 aromatic heterocycles. The molecule has 0 heterocycles. The fraction of sp³-hybridized carbons (Fsp3) is 0.864. The van der Waals surface area contributed by atoms with Crippen molar-refractivity contribution in [2.45, 2.75) is 71.6 Å². The molecule has 3 nitrogen and oxygen atoms in total. The molecular weight excluding hydrogens is 344 g/mol. The molecule has 4 aliphatic carbocycles. The van der Waals surface area contributed by atoms with E-state index in [1.165, 1.54) is 43.9 Å². The van der Waals surface area contributed by atoms with E-state index in [4.69, 9.17) is 0 Å². The lowest BCUT2D eigenvalue weighted by Gasteiger charge is -2.58. The Balaban J connectivity index is 1.56. The van der Waals surface area contributed by atoms with Gasteiger partial charge in [-0.15, -0.1) is 0 Å². The van der Waals surface area contributed by atoms with E-state index in [2.05, 4.69) is 13.8 Å². The topological polar surface area (TPSA) is 51.2 Å². The highest BCUT2D eigenvalue weighted by Gasteiger charge is 2.58. The normalized spacial score (nSPS) is 45.5. The van der Waals surface area contributed by atoms with Crippen LogP contribution in [0.1, 0.15) is 71.6 Å². The number of hydrogen-bond donors (Lipinski definition) is 0. The first-order valence-corrected chi connectivity index (χ1v) is 12.6. The molecule has 4 aliphatic rings. The largest absolute Gasteiger partial charge is 0.295 e. The monoisotopic (exact) mass is 378 g/mol. The first-order valence-electron chi connectivity index (χ1n) is 10.5. The SMILES string of the molecule is C[C@]12CC[C@H]3[C@@H](CCC4=CC(=O)CC[C@@]43C)[C@@H]1CC[C@@H]2CCS(C)(=O)=O. The van der Waals surface area contributed by atoms with Crippen molar-refractivity contribution in [3.8, 4) is 0 Å². The number of carbonyl (C=O) groups is 1. The van der Waals surface area contributed by atoms with Crippen molar-refractivity contribution in [3.05, 3.63) is 11.6 Å². The summed E-state index contributed by atoms with van der Waals surface area (Å²) in [5.41, 5.74) is 2.00. The molecule has 0 N–H and O–H groups in total. The third-order valence-electron chi connectivity index (χ3n) is 9.00. The molecule has 0 aromatic rings. The number of fused-ring (bicyclic) bond motifs is 5. The number of carbonyl (C=O) groups excluding carboxylic acids is 1. The molecule has 3 fully saturated rings. The number of rotatable bonds is 3. The van der Waals surface area contributed by atoms with Crippen LogP contribution < -0.4 is 0 Å². The lowest BCUT2D eigenvalue weighted by atomic mass is 9.47. The van der Waals surface area contributed by atoms with Gasteiger partial charge in [0.1, 0.15) is 9.84 Å². The van der Waals surface area contributed by atoms with E-state index < -0.39 is 9.84 Å². The standard InChI is InChI=1S/C22H34O3S/c1-21-12-9-20-18(6-4-16-14-17(23)8-11-22(16,20)2)19(21)7-5-15(21)10-13-26(3,24)25/h14-15,18-20H,4-13H2,1-3H3/t15-,18+,19+,20+,21-,22+/m1/s1. The highest BCUT2D eigenvalue weighted by molar-refractivity contribution is 7.90. The fourth-order valence-corrected chi connectivity index (χ4v) is 8.21. The summed E-state index contributed by atoms with van der Waals surface area (Å²) in [7, 11) is -2.87. The Labute approximate surface area is 158 Å². The van der Waals surface area contributed by atoms with Crippen molar-refractivity contribution in [3.63, 3.8) is 0 Å². The van der Waals surface area contributed by atoms with Crippen molar-refractivity contribution in [1.82, 2.24) is 0 Å². The molecule has 4 heteroatoms. The van der Waals surface area contributed by atoms with Gasteiger partial charge >= 0.3 is 0 Å². The summed E-state index contributed by atoms with van der Waals surface area (Å²) in [6.07, 6.45) is 13.3. The van der Waals surface area contributed by atoms with E-state index in [0.717, 1.165) is 43.4 Å². The Bertz CT molecular complexity index is 736. The van der Waals surface area contributed by atoms with Crippen molar-refractivity contribution in [2.24, 2.45) is 34.5 Å². The first kappa shape index (κ1) is 18.7. The number of allylic oxidation sites excluding steroid dienone is 1. The van der Waals surface area contributed by atoms with Crippen LogP contribution in [-0.4, -0.2) is 26.2 Å². The zero-order chi connectivity index (χ0) is 18.7. The molecule has 0 aromatic carbocycles. The van der Waals surface area contributed by atoms with Crippen LogP contribution in [0.5, 0.6) is 0 Å². The predicted octanol–water partition coefficient (Wildman–Crippen LogP) is 4.57. The Kier molecular flexibility index (Phi) is 4.45. The quantitative estimate of drug-likeness (QED) is 0.723. The van der Waals surface area contributed by atoms with Crippen molar-refractivity contribution in [1.29, 1.82) is 0 Å². The molecule has 146 valence electrons. The maximum atomic E-state index is 11.9. The van der Waals surface area contributed by atoms with Gasteiger partial charge in [0.25, 0.3) is 0 Å². The minimum Gasteiger partial charge on any atom is -0.295 e. The van der Waals surface area contributed by atoms with E-state index in [0.29, 0.717) is 22.9 Å². The minimum absolute atomic E-state index is 0.239. The maximum absolute atomic E-state index is 11.9. The zero-order valence-electron chi connectivity index (χ0n) is 16.6. The van der Waals surface area contributed by atoms with E-state index in [1.807, 2.05) is 6.08 Å². The van der Waals surface area contributed by atoms with Gasteiger partial charge in [-0.1, -0.05) is 19.4 Å². The van der Waals surface area contributed by atoms with Crippen molar-refractivity contribution in [2.75, 3.05) is 12.0 Å². The summed E-state index contributed by atoms with van der Waals surface area (Å²) in [5.74, 6) is 3.50. The second kappa shape index (κ2) is 6.18. The van der Waals surface area contributed by atoms with Crippen molar-refractivity contribution >= 4 is 15.6 Å². The van der Waals surface area contributed by atoms with Gasteiger partial charge < -0.3 is 0 Å². The van der Waals surface area contributed by atoms with Gasteiger partial charge in [-0.25, -0.2) is 8.42 Å². The van der Waals surface area contributed by atoms with Crippen LogP contribution in [0.15, 0.2) is 11.6 Å². The lowest BCUT2D eigenvalue weighted by Crippen LogP contribution is -2.50. The maximum Gasteiger partial charge on any atom is 0.155 e. The number of ketones is 1. The Hall–Kier alpha value is -0.640. The summed E-state index contributed by atoms with van der Waals surface area (Å²) < 4.78 is 23.3. The average Bonchev–Trinajstić information content (AvgIpc) is 2.89. The molecule has 0 saturated heterocycles. The van der Waals surface area contributed by atoms with Crippen LogP contribution in [0.4, 0.5) is 0 Å². The van der Waals surface area contributed by atoms with Crippen LogP contribution in [-0.2, 0) is 14.6 Å². The molecule has 0 bridgehead atoms. The molecule has 6 atom stereocenters. The van der Waals surface area contributed by atoms with Gasteiger partial charge in [-0.05, 0) is 91.9 Å². The van der Waals surface area contributed by atoms with Crippen molar-refractivity contribution < 1.29 is 13.2 Å². The van der Waals surface area contributed by atoms with Gasteiger partial charge in [0, 0.05) is 12.7 Å². The highest BCUT2D eigenvalue weighted by atomic mass is 32.2. The third-order valence-corrected chi connectivity index (χ3v) is 9.97. The molecule has 0 unspecified atom stereocenters. The highest BCUT2D eigenvalue weighted by Crippen LogP contribution is 2.66. The third kappa shape index (κ3) is 2.91. The number of sulfone groups is 1. The average molecular weight is 379 g/mol. The van der Waals surface area contributed by atoms with E-state index in [-0.39, 0.29) is 5.41 Å². The molecule has 4 rings (SSSR count). The van der Waals surface area contributed by atoms with Gasteiger partial charge in [-0.3, -0.25) is 4.79 Å². The smallest absolute Gasteiger partial charge is 0.155 e. The fourth-order valence-electron chi connectivity index (χ4n) is 7.50. The lowest BCUT2D eigenvalue weighted by molar-refractivity contribution is -0.117. The van der Waals surface area contributed by atoms with Crippen LogP contribution in [0, 0.1) is 34.5 Å². The van der Waals surface area contributed by atoms with Crippen LogP contribution >= 0.6 is 0 Å². The number of hydrogen-bond acceptors (Lipinski definition) is 3. The summed E-state index contributed by atoms with van der Waals surface area (Å²) in [5, 5.41) is 0. The van der Waals surface area contributed by atoms with Gasteiger partial charge in [0.2, 0.25) is 0 Å². The predicted molar refractivity (Wildman–Crippen MR) is 105 cm³/mol. The van der Waals surface area contributed by atoms with Gasteiger partial charge in [0.05, 0.1) is 5.75 Å². The van der Waals surface area contributed by atoms with E-state index in [1.54, 1.807) is 0 Å². The second-order valence-electron chi connectivity index (χ2n) is 10.2. The summed E-state index contributed by atoms with van der Waals surface area (Å²) >= 11 is 0. The minimum atomic E-state index is -2.87. The molecule has 26 heavy (non-hydrogen) atoms. The molecule has 0 aliphatic heterocycles. The van der Waals surface area contributed by atoms with Crippen LogP contribution in [0.25, 0.3) is 0 Å². The van der Waals surface area contributed by atoms with Gasteiger partial charge in [-0.2, -0.15) is 0 Å². The van der Waals surface area contributed by atoms with Gasteiger partial charge in [0.15, 0.2) is 5.78 Å².